The zero-order chi connectivity index (χ0) is 14.5. The van der Waals surface area contributed by atoms with Crippen LogP contribution in [0.15, 0.2) is 24.3 Å². The highest BCUT2D eigenvalue weighted by Gasteiger charge is 2.31. The molecule has 1 heterocycles. The SMILES string of the molecule is CCCCN(C)C(=O)C1CC(c2ccc(Cl)cc2)NN1. The van der Waals surface area contributed by atoms with Crippen LogP contribution < -0.4 is 10.9 Å². The zero-order valence-corrected chi connectivity index (χ0v) is 12.8. The van der Waals surface area contributed by atoms with E-state index in [1.165, 1.54) is 0 Å². The van der Waals surface area contributed by atoms with E-state index in [1.807, 2.05) is 36.2 Å². The lowest BCUT2D eigenvalue weighted by molar-refractivity contribution is -0.131. The number of nitrogens with zero attached hydrogens (tertiary/aromatic N) is 1. The molecule has 0 aliphatic carbocycles. The quantitative estimate of drug-likeness (QED) is 0.877. The predicted molar refractivity (Wildman–Crippen MR) is 81.4 cm³/mol. The van der Waals surface area contributed by atoms with Gasteiger partial charge in [0.1, 0.15) is 6.04 Å². The molecular weight excluding hydrogens is 274 g/mol. The van der Waals surface area contributed by atoms with Crippen LogP contribution in [0.1, 0.15) is 37.8 Å². The van der Waals surface area contributed by atoms with E-state index in [0.717, 1.165) is 36.4 Å². The standard InChI is InChI=1S/C15H22ClN3O/c1-3-4-9-19(2)15(20)14-10-13(17-18-14)11-5-7-12(16)8-6-11/h5-8,13-14,17-18H,3-4,9-10H2,1-2H3. The van der Waals surface area contributed by atoms with Crippen molar-refractivity contribution in [3.05, 3.63) is 34.9 Å². The largest absolute Gasteiger partial charge is 0.344 e. The van der Waals surface area contributed by atoms with Crippen molar-refractivity contribution in [3.8, 4) is 0 Å². The summed E-state index contributed by atoms with van der Waals surface area (Å²) >= 11 is 5.89. The molecule has 1 aliphatic heterocycles. The normalized spacial score (nSPS) is 21.9. The Bertz CT molecular complexity index is 449. The average molecular weight is 296 g/mol. The number of hydrogen-bond acceptors (Lipinski definition) is 3. The van der Waals surface area contributed by atoms with Crippen LogP contribution in [-0.4, -0.2) is 30.4 Å². The van der Waals surface area contributed by atoms with Crippen LogP contribution in [0.3, 0.4) is 0 Å². The first kappa shape index (κ1) is 15.3. The summed E-state index contributed by atoms with van der Waals surface area (Å²) in [4.78, 5) is 14.1. The summed E-state index contributed by atoms with van der Waals surface area (Å²) in [6.07, 6.45) is 2.90. The van der Waals surface area contributed by atoms with Crippen molar-refractivity contribution in [2.45, 2.75) is 38.3 Å². The van der Waals surface area contributed by atoms with E-state index in [9.17, 15) is 4.79 Å². The Morgan fingerprint density at radius 1 is 1.35 bits per heavy atom. The lowest BCUT2D eigenvalue weighted by Gasteiger charge is -2.20. The topological polar surface area (TPSA) is 44.4 Å². The Kier molecular flexibility index (Phi) is 5.40. The number of carbonyl (C=O) groups excluding carboxylic acids is 1. The zero-order valence-electron chi connectivity index (χ0n) is 12.0. The van der Waals surface area contributed by atoms with E-state index < -0.39 is 0 Å². The molecule has 0 bridgehead atoms. The van der Waals surface area contributed by atoms with Gasteiger partial charge in [0.2, 0.25) is 5.91 Å². The second kappa shape index (κ2) is 7.07. The maximum atomic E-state index is 12.3. The molecule has 1 aromatic rings. The summed E-state index contributed by atoms with van der Waals surface area (Å²) < 4.78 is 0. The van der Waals surface area contributed by atoms with Gasteiger partial charge in [-0.05, 0) is 30.5 Å². The lowest BCUT2D eigenvalue weighted by Crippen LogP contribution is -2.44. The smallest absolute Gasteiger partial charge is 0.240 e. The van der Waals surface area contributed by atoms with Crippen molar-refractivity contribution in [2.24, 2.45) is 0 Å². The maximum Gasteiger partial charge on any atom is 0.240 e. The Morgan fingerprint density at radius 2 is 2.05 bits per heavy atom. The fourth-order valence-corrected chi connectivity index (χ4v) is 2.53. The van der Waals surface area contributed by atoms with E-state index >= 15 is 0 Å². The molecule has 1 amide bonds. The molecule has 2 N–H and O–H groups in total. The number of amides is 1. The number of carbonyl (C=O) groups is 1. The summed E-state index contributed by atoms with van der Waals surface area (Å²) in [5, 5.41) is 0.728. The average Bonchev–Trinajstić information content (AvgIpc) is 2.94. The molecule has 20 heavy (non-hydrogen) atoms. The molecule has 5 heteroatoms. The molecular formula is C15H22ClN3O. The fraction of sp³-hybridized carbons (Fsp3) is 0.533. The molecule has 1 fully saturated rings. The van der Waals surface area contributed by atoms with Crippen LogP contribution >= 0.6 is 11.6 Å². The first-order valence-corrected chi connectivity index (χ1v) is 7.51. The summed E-state index contributed by atoms with van der Waals surface area (Å²) in [5.41, 5.74) is 7.44. The second-order valence-electron chi connectivity index (χ2n) is 5.29. The number of unbranched alkanes of at least 4 members (excludes halogenated alkanes) is 1. The lowest BCUT2D eigenvalue weighted by atomic mass is 10.0. The Labute approximate surface area is 125 Å². The van der Waals surface area contributed by atoms with Gasteiger partial charge in [-0.3, -0.25) is 4.79 Å². The van der Waals surface area contributed by atoms with Gasteiger partial charge in [0.25, 0.3) is 0 Å². The fourth-order valence-electron chi connectivity index (χ4n) is 2.40. The number of hydrogen-bond donors (Lipinski definition) is 2. The van der Waals surface area contributed by atoms with E-state index in [-0.39, 0.29) is 18.0 Å². The third-order valence-electron chi connectivity index (χ3n) is 3.70. The third kappa shape index (κ3) is 3.72. The van der Waals surface area contributed by atoms with Crippen molar-refractivity contribution in [1.82, 2.24) is 15.8 Å². The van der Waals surface area contributed by atoms with E-state index in [1.54, 1.807) is 0 Å². The molecule has 2 atom stereocenters. The van der Waals surface area contributed by atoms with Crippen molar-refractivity contribution >= 4 is 17.5 Å². The van der Waals surface area contributed by atoms with Gasteiger partial charge < -0.3 is 4.90 Å². The van der Waals surface area contributed by atoms with Gasteiger partial charge in [0.15, 0.2) is 0 Å². The number of nitrogens with one attached hydrogen (secondary N) is 2. The minimum Gasteiger partial charge on any atom is -0.344 e. The Balaban J connectivity index is 1.91. The number of likely N-dealkylation sites (N-methyl/N-ethyl adjacent to an activating group) is 1. The monoisotopic (exact) mass is 295 g/mol. The van der Waals surface area contributed by atoms with Crippen molar-refractivity contribution in [2.75, 3.05) is 13.6 Å². The van der Waals surface area contributed by atoms with Crippen LogP contribution in [0, 0.1) is 0 Å². The summed E-state index contributed by atoms with van der Waals surface area (Å²) in [6, 6.07) is 7.74. The van der Waals surface area contributed by atoms with Crippen LogP contribution in [0.5, 0.6) is 0 Å². The molecule has 4 nitrogen and oxygen atoms in total. The molecule has 0 saturated carbocycles. The van der Waals surface area contributed by atoms with Gasteiger partial charge >= 0.3 is 0 Å². The van der Waals surface area contributed by atoms with Crippen LogP contribution in [0.2, 0.25) is 5.02 Å². The highest BCUT2D eigenvalue weighted by molar-refractivity contribution is 6.30. The van der Waals surface area contributed by atoms with Gasteiger partial charge in [0, 0.05) is 24.7 Å². The Morgan fingerprint density at radius 3 is 2.70 bits per heavy atom. The van der Waals surface area contributed by atoms with Crippen LogP contribution in [-0.2, 0) is 4.79 Å². The minimum atomic E-state index is -0.155. The van der Waals surface area contributed by atoms with Gasteiger partial charge in [-0.25, -0.2) is 10.9 Å². The van der Waals surface area contributed by atoms with Gasteiger partial charge in [-0.15, -0.1) is 0 Å². The molecule has 1 saturated heterocycles. The van der Waals surface area contributed by atoms with E-state index in [0.29, 0.717) is 0 Å². The third-order valence-corrected chi connectivity index (χ3v) is 3.95. The van der Waals surface area contributed by atoms with Crippen LogP contribution in [0.4, 0.5) is 0 Å². The number of halogens is 1. The van der Waals surface area contributed by atoms with Gasteiger partial charge in [-0.2, -0.15) is 0 Å². The molecule has 1 aromatic carbocycles. The molecule has 0 spiro atoms. The molecule has 2 unspecified atom stereocenters. The van der Waals surface area contributed by atoms with Gasteiger partial charge in [-0.1, -0.05) is 37.1 Å². The maximum absolute atomic E-state index is 12.3. The van der Waals surface area contributed by atoms with E-state index in [2.05, 4.69) is 17.8 Å². The van der Waals surface area contributed by atoms with Gasteiger partial charge in [0.05, 0.1) is 0 Å². The first-order valence-electron chi connectivity index (χ1n) is 7.13. The highest BCUT2D eigenvalue weighted by Crippen LogP contribution is 2.24. The van der Waals surface area contributed by atoms with E-state index in [4.69, 9.17) is 11.6 Å². The molecule has 1 aliphatic rings. The minimum absolute atomic E-state index is 0.154. The van der Waals surface area contributed by atoms with Crippen molar-refractivity contribution < 1.29 is 4.79 Å². The van der Waals surface area contributed by atoms with Crippen molar-refractivity contribution in [1.29, 1.82) is 0 Å². The predicted octanol–water partition coefficient (Wildman–Crippen LogP) is 2.51. The summed E-state index contributed by atoms with van der Waals surface area (Å²) in [7, 11) is 1.87. The second-order valence-corrected chi connectivity index (χ2v) is 5.73. The van der Waals surface area contributed by atoms with Crippen molar-refractivity contribution in [3.63, 3.8) is 0 Å². The molecule has 0 aromatic heterocycles. The first-order chi connectivity index (χ1) is 9.61. The Hall–Kier alpha value is -1.10. The van der Waals surface area contributed by atoms with Crippen LogP contribution in [0.25, 0.3) is 0 Å². The number of benzene rings is 1. The molecule has 110 valence electrons. The summed E-state index contributed by atoms with van der Waals surface area (Å²) in [6.45, 7) is 2.95. The number of rotatable bonds is 5. The molecule has 2 rings (SSSR count). The highest BCUT2D eigenvalue weighted by atomic mass is 35.5. The molecule has 0 radical (unpaired) electrons. The summed E-state index contributed by atoms with van der Waals surface area (Å²) in [5.74, 6) is 0.155. The number of hydrazine groups is 1.